The van der Waals surface area contributed by atoms with Crippen molar-refractivity contribution in [3.8, 4) is 0 Å². The van der Waals surface area contributed by atoms with Gasteiger partial charge in [0.15, 0.2) is 0 Å². The van der Waals surface area contributed by atoms with E-state index in [-0.39, 0.29) is 5.56 Å². The van der Waals surface area contributed by atoms with Gasteiger partial charge in [0, 0.05) is 25.7 Å². The lowest BCUT2D eigenvalue weighted by atomic mass is 9.92. The molecule has 0 radical (unpaired) electrons. The van der Waals surface area contributed by atoms with Crippen LogP contribution in [0.25, 0.3) is 0 Å². The van der Waals surface area contributed by atoms with Crippen molar-refractivity contribution in [1.29, 1.82) is 0 Å². The first-order valence-electron chi connectivity index (χ1n) is 7.91. The number of nitrogens with one attached hydrogen (secondary N) is 1. The fraction of sp³-hybridized carbons (Fsp3) is 0.588. The van der Waals surface area contributed by atoms with Crippen molar-refractivity contribution in [1.82, 2.24) is 10.2 Å². The molecule has 1 aliphatic rings. The zero-order valence-electron chi connectivity index (χ0n) is 13.2. The molecule has 122 valence electrons. The van der Waals surface area contributed by atoms with E-state index in [9.17, 15) is 13.6 Å². The summed E-state index contributed by atoms with van der Waals surface area (Å²) in [7, 11) is 0. The molecule has 2 unspecified atom stereocenters. The fourth-order valence-electron chi connectivity index (χ4n) is 3.25. The molecule has 2 atom stereocenters. The molecule has 0 spiro atoms. The zero-order valence-corrected chi connectivity index (χ0v) is 13.2. The van der Waals surface area contributed by atoms with Crippen LogP contribution in [0.15, 0.2) is 18.2 Å². The Morgan fingerprint density at radius 2 is 1.95 bits per heavy atom. The summed E-state index contributed by atoms with van der Waals surface area (Å²) in [6.07, 6.45) is 2.10. The molecule has 22 heavy (non-hydrogen) atoms. The van der Waals surface area contributed by atoms with Crippen molar-refractivity contribution in [3.05, 3.63) is 35.4 Å². The Kier molecular flexibility index (Phi) is 5.89. The summed E-state index contributed by atoms with van der Waals surface area (Å²) in [5.74, 6) is -0.560. The molecule has 1 aromatic rings. The number of nitrogens with zero attached hydrogens (tertiary/aromatic N) is 1. The van der Waals surface area contributed by atoms with Crippen LogP contribution in [0.3, 0.4) is 0 Å². The van der Waals surface area contributed by atoms with Gasteiger partial charge in [0.2, 0.25) is 0 Å². The highest BCUT2D eigenvalue weighted by atomic mass is 19.1. The van der Waals surface area contributed by atoms with Gasteiger partial charge < -0.3 is 10.2 Å². The second-order valence-corrected chi connectivity index (χ2v) is 6.44. The van der Waals surface area contributed by atoms with E-state index in [2.05, 4.69) is 24.1 Å². The van der Waals surface area contributed by atoms with Crippen LogP contribution in [-0.2, 0) is 0 Å². The van der Waals surface area contributed by atoms with E-state index in [0.717, 1.165) is 38.2 Å². The average Bonchev–Trinajstić information content (AvgIpc) is 2.42. The molecule has 1 amide bonds. The van der Waals surface area contributed by atoms with Gasteiger partial charge in [-0.05, 0) is 43.4 Å². The van der Waals surface area contributed by atoms with E-state index in [1.54, 1.807) is 0 Å². The summed E-state index contributed by atoms with van der Waals surface area (Å²) in [4.78, 5) is 14.3. The number of carbonyl (C=O) groups is 1. The second-order valence-electron chi connectivity index (χ2n) is 6.44. The molecule has 5 heteroatoms. The second kappa shape index (κ2) is 7.68. The molecular weight excluding hydrogens is 286 g/mol. The van der Waals surface area contributed by atoms with E-state index >= 15 is 0 Å². The number of halogens is 2. The Hall–Kier alpha value is -1.49. The molecule has 0 aromatic heterocycles. The van der Waals surface area contributed by atoms with Crippen LogP contribution in [0.1, 0.15) is 37.0 Å². The lowest BCUT2D eigenvalue weighted by Crippen LogP contribution is -2.40. The highest BCUT2D eigenvalue weighted by molar-refractivity contribution is 5.94. The van der Waals surface area contributed by atoms with Crippen molar-refractivity contribution in [2.75, 3.05) is 26.2 Å². The van der Waals surface area contributed by atoms with Gasteiger partial charge in [-0.15, -0.1) is 0 Å². The maximum absolute atomic E-state index is 13.5. The number of hydrogen-bond donors (Lipinski definition) is 1. The SMILES string of the molecule is CC1CC(C)CN(CCCNC(=O)c2ccc(F)cc2F)C1. The minimum Gasteiger partial charge on any atom is -0.352 e. The molecular formula is C17H24F2N2O. The van der Waals surface area contributed by atoms with Crippen molar-refractivity contribution < 1.29 is 13.6 Å². The average molecular weight is 310 g/mol. The third-order valence-corrected chi connectivity index (χ3v) is 4.06. The van der Waals surface area contributed by atoms with Crippen molar-refractivity contribution >= 4 is 5.91 Å². The number of piperidine rings is 1. The smallest absolute Gasteiger partial charge is 0.254 e. The molecule has 3 nitrogen and oxygen atoms in total. The topological polar surface area (TPSA) is 32.3 Å². The third-order valence-electron chi connectivity index (χ3n) is 4.06. The van der Waals surface area contributed by atoms with Crippen molar-refractivity contribution in [2.24, 2.45) is 11.8 Å². The van der Waals surface area contributed by atoms with Crippen molar-refractivity contribution in [3.63, 3.8) is 0 Å². The third kappa shape index (κ3) is 4.77. The van der Waals surface area contributed by atoms with Gasteiger partial charge >= 0.3 is 0 Å². The molecule has 1 aliphatic heterocycles. The van der Waals surface area contributed by atoms with Gasteiger partial charge in [-0.1, -0.05) is 13.8 Å². The molecule has 1 N–H and O–H groups in total. The largest absolute Gasteiger partial charge is 0.352 e. The summed E-state index contributed by atoms with van der Waals surface area (Å²) in [5, 5.41) is 2.69. The summed E-state index contributed by atoms with van der Waals surface area (Å²) >= 11 is 0. The lowest BCUT2D eigenvalue weighted by molar-refractivity contribution is 0.0943. The summed E-state index contributed by atoms with van der Waals surface area (Å²) in [6, 6.07) is 2.99. The van der Waals surface area contributed by atoms with Crippen molar-refractivity contribution in [2.45, 2.75) is 26.7 Å². The minimum absolute atomic E-state index is 0.110. The van der Waals surface area contributed by atoms with E-state index in [1.165, 1.54) is 12.5 Å². The van der Waals surface area contributed by atoms with E-state index in [1.807, 2.05) is 0 Å². The first kappa shape index (κ1) is 16.9. The summed E-state index contributed by atoms with van der Waals surface area (Å²) < 4.78 is 26.3. The standard InChI is InChI=1S/C17H24F2N2O/c1-12-8-13(2)11-21(10-12)7-3-6-20-17(22)15-5-4-14(18)9-16(15)19/h4-5,9,12-13H,3,6-8,10-11H2,1-2H3,(H,20,22). The molecule has 1 fully saturated rings. The minimum atomic E-state index is -0.823. The molecule has 0 aliphatic carbocycles. The zero-order chi connectivity index (χ0) is 16.1. The number of amides is 1. The van der Waals surface area contributed by atoms with Gasteiger partial charge in [-0.2, -0.15) is 0 Å². The van der Waals surface area contributed by atoms with E-state index in [4.69, 9.17) is 0 Å². The molecule has 1 saturated heterocycles. The van der Waals surface area contributed by atoms with Gasteiger partial charge in [-0.3, -0.25) is 4.79 Å². The molecule has 0 saturated carbocycles. The predicted molar refractivity (Wildman–Crippen MR) is 82.7 cm³/mol. The lowest BCUT2D eigenvalue weighted by Gasteiger charge is -2.34. The Labute approximate surface area is 130 Å². The quantitative estimate of drug-likeness (QED) is 0.848. The maximum atomic E-state index is 13.5. The van der Waals surface area contributed by atoms with Gasteiger partial charge in [0.1, 0.15) is 11.6 Å². The highest BCUT2D eigenvalue weighted by Crippen LogP contribution is 2.20. The van der Waals surface area contributed by atoms with Crippen LogP contribution in [0, 0.1) is 23.5 Å². The van der Waals surface area contributed by atoms with Crippen LogP contribution in [0.2, 0.25) is 0 Å². The first-order valence-corrected chi connectivity index (χ1v) is 7.91. The molecule has 1 heterocycles. The Bertz CT molecular complexity index is 511. The van der Waals surface area contributed by atoms with Crippen LogP contribution in [0.5, 0.6) is 0 Å². The fourth-order valence-corrected chi connectivity index (χ4v) is 3.25. The number of hydrogen-bond acceptors (Lipinski definition) is 2. The normalized spacial score (nSPS) is 22.5. The highest BCUT2D eigenvalue weighted by Gasteiger charge is 2.21. The number of benzene rings is 1. The number of rotatable bonds is 5. The summed E-state index contributed by atoms with van der Waals surface area (Å²) in [6.45, 7) is 8.16. The van der Waals surface area contributed by atoms with Crippen LogP contribution in [0.4, 0.5) is 8.78 Å². The van der Waals surface area contributed by atoms with Gasteiger partial charge in [-0.25, -0.2) is 8.78 Å². The Morgan fingerprint density at radius 1 is 1.27 bits per heavy atom. The first-order chi connectivity index (χ1) is 10.5. The van der Waals surface area contributed by atoms with Gasteiger partial charge in [0.05, 0.1) is 5.56 Å². The molecule has 0 bridgehead atoms. The Morgan fingerprint density at radius 3 is 2.59 bits per heavy atom. The van der Waals surface area contributed by atoms with E-state index in [0.29, 0.717) is 18.4 Å². The van der Waals surface area contributed by atoms with Crippen LogP contribution in [-0.4, -0.2) is 37.0 Å². The number of likely N-dealkylation sites (tertiary alicyclic amines) is 1. The van der Waals surface area contributed by atoms with Crippen LogP contribution >= 0.6 is 0 Å². The van der Waals surface area contributed by atoms with Crippen LogP contribution < -0.4 is 5.32 Å². The monoisotopic (exact) mass is 310 g/mol. The van der Waals surface area contributed by atoms with Gasteiger partial charge in [0.25, 0.3) is 5.91 Å². The van der Waals surface area contributed by atoms with E-state index < -0.39 is 17.5 Å². The Balaban J connectivity index is 1.73. The molecule has 2 rings (SSSR count). The predicted octanol–water partition coefficient (Wildman–Crippen LogP) is 3.06. The summed E-state index contributed by atoms with van der Waals surface area (Å²) in [5.41, 5.74) is -0.110. The number of carbonyl (C=O) groups excluding carboxylic acids is 1. The molecule has 1 aromatic carbocycles. The maximum Gasteiger partial charge on any atom is 0.254 e.